The smallest absolute Gasteiger partial charge is 0.189 e. The van der Waals surface area contributed by atoms with Crippen LogP contribution >= 0.6 is 0 Å². The molecule has 5 heteroatoms. The van der Waals surface area contributed by atoms with Crippen LogP contribution in [-0.4, -0.2) is 18.4 Å². The molecule has 1 aliphatic heterocycles. The van der Waals surface area contributed by atoms with Crippen LogP contribution in [0.3, 0.4) is 0 Å². The fourth-order valence-corrected chi connectivity index (χ4v) is 0.540. The Hall–Kier alpha value is -0.740. The van der Waals surface area contributed by atoms with Gasteiger partial charge in [0.1, 0.15) is 5.71 Å². The lowest BCUT2D eigenvalue weighted by Gasteiger charge is -2.01. The molecule has 0 bridgehead atoms. The van der Waals surface area contributed by atoms with Crippen LogP contribution in [0.4, 0.5) is 13.2 Å². The number of rotatable bonds is 0. The Morgan fingerprint density at radius 2 is 2.00 bits per heavy atom. The lowest BCUT2D eigenvalue weighted by molar-refractivity contribution is -0.0598. The van der Waals surface area contributed by atoms with Crippen molar-refractivity contribution >= 4 is 5.71 Å². The Morgan fingerprint density at radius 1 is 1.33 bits per heavy atom. The van der Waals surface area contributed by atoms with E-state index in [1.165, 1.54) is 0 Å². The number of halogens is 3. The molecule has 0 N–H and O–H groups in total. The first-order valence-corrected chi connectivity index (χ1v) is 2.41. The summed E-state index contributed by atoms with van der Waals surface area (Å²) in [6, 6.07) is 0. The molecule has 0 aromatic heterocycles. The predicted molar refractivity (Wildman–Crippen MR) is 25.1 cm³/mol. The fourth-order valence-electron chi connectivity index (χ4n) is 0.540. The van der Waals surface area contributed by atoms with E-state index >= 15 is 0 Å². The molecule has 51 valence electrons. The van der Waals surface area contributed by atoms with Crippen molar-refractivity contribution in [3.05, 3.63) is 0 Å². The third kappa shape index (κ3) is 1.34. The molecule has 1 radical (unpaired) electrons. The number of nitrogens with zero attached hydrogens (tertiary/aromatic N) is 2. The second kappa shape index (κ2) is 1.89. The summed E-state index contributed by atoms with van der Waals surface area (Å²) in [6.07, 6.45) is -4.33. The van der Waals surface area contributed by atoms with Gasteiger partial charge in [-0.25, -0.2) is 0 Å². The lowest BCUT2D eigenvalue weighted by atomic mass is 10.3. The second-order valence-electron chi connectivity index (χ2n) is 1.66. The van der Waals surface area contributed by atoms with E-state index in [-0.39, 0.29) is 13.0 Å². The van der Waals surface area contributed by atoms with Crippen LogP contribution < -0.4 is 5.43 Å². The minimum Gasteiger partial charge on any atom is -0.189 e. The van der Waals surface area contributed by atoms with Gasteiger partial charge < -0.3 is 0 Å². The van der Waals surface area contributed by atoms with Crippen LogP contribution in [0, 0.1) is 0 Å². The summed E-state index contributed by atoms with van der Waals surface area (Å²) in [7, 11) is 0. The van der Waals surface area contributed by atoms with Gasteiger partial charge in [0.2, 0.25) is 0 Å². The van der Waals surface area contributed by atoms with Gasteiger partial charge in [0.25, 0.3) is 0 Å². The summed E-state index contributed by atoms with van der Waals surface area (Å²) in [6.45, 7) is 0.175. The minimum atomic E-state index is -4.26. The highest BCUT2D eigenvalue weighted by Crippen LogP contribution is 2.20. The lowest BCUT2D eigenvalue weighted by Crippen LogP contribution is -2.20. The minimum absolute atomic E-state index is 0.0660. The van der Waals surface area contributed by atoms with E-state index in [1.54, 1.807) is 0 Å². The van der Waals surface area contributed by atoms with Crippen molar-refractivity contribution in [2.24, 2.45) is 5.10 Å². The topological polar surface area (TPSA) is 26.5 Å². The van der Waals surface area contributed by atoms with Gasteiger partial charge in [-0.2, -0.15) is 23.7 Å². The average Bonchev–Trinajstić information content (AvgIpc) is 2.08. The van der Waals surface area contributed by atoms with Crippen molar-refractivity contribution in [2.45, 2.75) is 12.6 Å². The number of hydrogen-bond donors (Lipinski definition) is 0. The molecular weight excluding hydrogens is 133 g/mol. The monoisotopic (exact) mass is 137 g/mol. The Labute approximate surface area is 49.7 Å². The molecule has 1 rings (SSSR count). The van der Waals surface area contributed by atoms with E-state index in [0.29, 0.717) is 0 Å². The van der Waals surface area contributed by atoms with Crippen LogP contribution in [0.2, 0.25) is 0 Å². The third-order valence-corrected chi connectivity index (χ3v) is 0.967. The molecule has 1 aliphatic rings. The standard InChI is InChI=1S/C4H4F3N2/c5-4(6,7)3-1-2-8-9-3/h1-2H2. The summed E-state index contributed by atoms with van der Waals surface area (Å²) < 4.78 is 34.7. The first-order chi connectivity index (χ1) is 4.11. The zero-order valence-corrected chi connectivity index (χ0v) is 4.44. The quantitative estimate of drug-likeness (QED) is 0.474. The highest BCUT2D eigenvalue weighted by atomic mass is 19.4. The first-order valence-electron chi connectivity index (χ1n) is 2.41. The van der Waals surface area contributed by atoms with E-state index in [9.17, 15) is 13.2 Å². The van der Waals surface area contributed by atoms with Crippen molar-refractivity contribution in [3.63, 3.8) is 0 Å². The Bertz CT molecular complexity index is 137. The first kappa shape index (κ1) is 6.38. The summed E-state index contributed by atoms with van der Waals surface area (Å²) in [5.74, 6) is 0. The Morgan fingerprint density at radius 3 is 2.22 bits per heavy atom. The summed E-state index contributed by atoms with van der Waals surface area (Å²) >= 11 is 0. The normalized spacial score (nSPS) is 19.2. The average molecular weight is 137 g/mol. The third-order valence-electron chi connectivity index (χ3n) is 0.967. The van der Waals surface area contributed by atoms with Gasteiger partial charge in [0.15, 0.2) is 0 Å². The molecule has 0 saturated carbocycles. The molecular formula is C4H4F3N2. The summed E-state index contributed by atoms with van der Waals surface area (Å²) in [5.41, 5.74) is 2.44. The zero-order chi connectivity index (χ0) is 6.91. The van der Waals surface area contributed by atoms with E-state index in [0.717, 1.165) is 0 Å². The van der Waals surface area contributed by atoms with E-state index in [1.807, 2.05) is 0 Å². The fraction of sp³-hybridized carbons (Fsp3) is 0.750. The number of alkyl halides is 3. The molecule has 0 atom stereocenters. The molecule has 0 aromatic carbocycles. The van der Waals surface area contributed by atoms with Crippen molar-refractivity contribution in [1.29, 1.82) is 0 Å². The highest BCUT2D eigenvalue weighted by Gasteiger charge is 2.37. The van der Waals surface area contributed by atoms with Crippen LogP contribution in [0.1, 0.15) is 6.42 Å². The zero-order valence-electron chi connectivity index (χ0n) is 4.44. The van der Waals surface area contributed by atoms with Crippen molar-refractivity contribution in [2.75, 3.05) is 6.54 Å². The molecule has 0 amide bonds. The Kier molecular flexibility index (Phi) is 1.34. The molecule has 0 fully saturated rings. The molecule has 2 nitrogen and oxygen atoms in total. The van der Waals surface area contributed by atoms with Crippen LogP contribution in [0.15, 0.2) is 5.10 Å². The molecule has 1 heterocycles. The van der Waals surface area contributed by atoms with Crippen molar-refractivity contribution in [1.82, 2.24) is 5.43 Å². The van der Waals surface area contributed by atoms with Gasteiger partial charge in [-0.3, -0.25) is 0 Å². The highest BCUT2D eigenvalue weighted by molar-refractivity contribution is 5.90. The van der Waals surface area contributed by atoms with E-state index in [4.69, 9.17) is 0 Å². The maximum Gasteiger partial charge on any atom is 0.431 e. The van der Waals surface area contributed by atoms with Crippen LogP contribution in [-0.2, 0) is 0 Å². The predicted octanol–water partition coefficient (Wildman–Crippen LogP) is 0.913. The Balaban J connectivity index is 2.61. The molecule has 0 unspecified atom stereocenters. The summed E-state index contributed by atoms with van der Waals surface area (Å²) in [4.78, 5) is 0. The van der Waals surface area contributed by atoms with E-state index < -0.39 is 11.9 Å². The molecule has 0 spiro atoms. The maximum atomic E-state index is 11.6. The van der Waals surface area contributed by atoms with Crippen molar-refractivity contribution in [3.8, 4) is 0 Å². The van der Waals surface area contributed by atoms with Crippen molar-refractivity contribution < 1.29 is 13.2 Å². The van der Waals surface area contributed by atoms with Gasteiger partial charge in [0, 0.05) is 6.42 Å². The van der Waals surface area contributed by atoms with Crippen LogP contribution in [0.5, 0.6) is 0 Å². The van der Waals surface area contributed by atoms with Gasteiger partial charge in [0.05, 0.1) is 6.54 Å². The molecule has 9 heavy (non-hydrogen) atoms. The molecule has 0 saturated heterocycles. The summed E-state index contributed by atoms with van der Waals surface area (Å²) in [5, 5.41) is 2.92. The van der Waals surface area contributed by atoms with Gasteiger partial charge in [-0.05, 0) is 0 Å². The van der Waals surface area contributed by atoms with Crippen LogP contribution in [0.25, 0.3) is 0 Å². The molecule has 0 aromatic rings. The largest absolute Gasteiger partial charge is 0.431 e. The van der Waals surface area contributed by atoms with Gasteiger partial charge >= 0.3 is 6.18 Å². The second-order valence-corrected chi connectivity index (χ2v) is 1.66. The molecule has 0 aliphatic carbocycles. The van der Waals surface area contributed by atoms with E-state index in [2.05, 4.69) is 10.5 Å². The maximum absolute atomic E-state index is 11.6. The van der Waals surface area contributed by atoms with Gasteiger partial charge in [-0.1, -0.05) is 0 Å². The SMILES string of the molecule is FC(F)(F)C1=N[N]CC1. The number of hydrogen-bond acceptors (Lipinski definition) is 1. The van der Waals surface area contributed by atoms with Gasteiger partial charge in [-0.15, -0.1) is 0 Å².